The second kappa shape index (κ2) is 3.40. The minimum absolute atomic E-state index is 0.720. The first-order valence-corrected chi connectivity index (χ1v) is 3.69. The molecule has 0 bridgehead atoms. The van der Waals surface area contributed by atoms with Crippen LogP contribution in [0.1, 0.15) is 13.8 Å². The van der Waals surface area contributed by atoms with Crippen molar-refractivity contribution in [2.75, 3.05) is 13.2 Å². The van der Waals surface area contributed by atoms with Crippen molar-refractivity contribution in [3.8, 4) is 0 Å². The first-order chi connectivity index (χ1) is 4.79. The molecule has 0 aromatic rings. The van der Waals surface area contributed by atoms with E-state index in [1.165, 1.54) is 0 Å². The van der Waals surface area contributed by atoms with Crippen LogP contribution in [0.5, 0.6) is 0 Å². The summed E-state index contributed by atoms with van der Waals surface area (Å²) in [6.45, 7) is 6.36. The normalized spacial score (nSPS) is 16.9. The van der Waals surface area contributed by atoms with Crippen molar-refractivity contribution in [2.24, 2.45) is 10.9 Å². The van der Waals surface area contributed by atoms with Crippen LogP contribution >= 0.6 is 0 Å². The van der Waals surface area contributed by atoms with Crippen LogP contribution in [0.2, 0.25) is 0 Å². The third-order valence-electron chi connectivity index (χ3n) is 1.35. The third kappa shape index (κ3) is 2.21. The van der Waals surface area contributed by atoms with Crippen molar-refractivity contribution < 1.29 is 0 Å². The summed E-state index contributed by atoms with van der Waals surface area (Å²) in [5.41, 5.74) is 0. The molecular weight excluding hydrogens is 124 g/mol. The Morgan fingerprint density at radius 2 is 2.40 bits per heavy atom. The lowest BCUT2D eigenvalue weighted by Gasteiger charge is -2.21. The average Bonchev–Trinajstić information content (AvgIpc) is 1.88. The molecule has 0 N–H and O–H groups in total. The zero-order valence-electron chi connectivity index (χ0n) is 6.62. The van der Waals surface area contributed by atoms with Gasteiger partial charge in [0, 0.05) is 19.0 Å². The van der Waals surface area contributed by atoms with Crippen LogP contribution in [-0.2, 0) is 0 Å². The Kier molecular flexibility index (Phi) is 2.49. The molecule has 1 aliphatic rings. The molecule has 1 heterocycles. The summed E-state index contributed by atoms with van der Waals surface area (Å²) < 4.78 is 0. The number of allylic oxidation sites excluding steroid dienone is 1. The van der Waals surface area contributed by atoms with Crippen molar-refractivity contribution in [3.05, 3.63) is 12.3 Å². The minimum Gasteiger partial charge on any atom is -0.358 e. The Morgan fingerprint density at radius 1 is 1.60 bits per heavy atom. The zero-order chi connectivity index (χ0) is 7.40. The number of aliphatic imine (C=N–C) groups is 1. The van der Waals surface area contributed by atoms with Gasteiger partial charge in [0.25, 0.3) is 0 Å². The van der Waals surface area contributed by atoms with Gasteiger partial charge >= 0.3 is 0 Å². The van der Waals surface area contributed by atoms with Gasteiger partial charge in [0.15, 0.2) is 0 Å². The van der Waals surface area contributed by atoms with Crippen LogP contribution < -0.4 is 0 Å². The van der Waals surface area contributed by atoms with E-state index in [1.807, 2.05) is 12.3 Å². The third-order valence-corrected chi connectivity index (χ3v) is 1.35. The molecule has 1 aliphatic heterocycles. The number of hydrogen-bond acceptors (Lipinski definition) is 2. The highest BCUT2D eigenvalue weighted by Crippen LogP contribution is 2.00. The maximum atomic E-state index is 4.13. The second-order valence-corrected chi connectivity index (χ2v) is 2.98. The molecule has 0 amide bonds. The highest BCUT2D eigenvalue weighted by molar-refractivity contribution is 5.71. The maximum absolute atomic E-state index is 4.13. The van der Waals surface area contributed by atoms with Gasteiger partial charge in [-0.05, 0) is 12.0 Å². The Balaban J connectivity index is 2.30. The number of nitrogens with zero attached hydrogens (tertiary/aromatic N) is 2. The summed E-state index contributed by atoms with van der Waals surface area (Å²) in [6, 6.07) is 0. The summed E-state index contributed by atoms with van der Waals surface area (Å²) in [5, 5.41) is 0. The smallest absolute Gasteiger partial charge is 0.109 e. The Bertz CT molecular complexity index is 147. The summed E-state index contributed by atoms with van der Waals surface area (Å²) >= 11 is 0. The Morgan fingerprint density at radius 3 is 2.90 bits per heavy atom. The van der Waals surface area contributed by atoms with E-state index in [2.05, 4.69) is 29.9 Å². The second-order valence-electron chi connectivity index (χ2n) is 2.98. The fraction of sp³-hybridized carbons (Fsp3) is 0.625. The molecule has 0 aromatic heterocycles. The largest absolute Gasteiger partial charge is 0.358 e. The van der Waals surface area contributed by atoms with E-state index in [0.717, 1.165) is 19.1 Å². The molecule has 1 rings (SSSR count). The van der Waals surface area contributed by atoms with Crippen molar-refractivity contribution in [2.45, 2.75) is 13.8 Å². The van der Waals surface area contributed by atoms with Gasteiger partial charge in [-0.3, -0.25) is 4.99 Å². The molecule has 0 aromatic carbocycles. The van der Waals surface area contributed by atoms with E-state index in [1.54, 1.807) is 0 Å². The summed E-state index contributed by atoms with van der Waals surface area (Å²) in [7, 11) is 0. The topological polar surface area (TPSA) is 15.6 Å². The molecule has 0 radical (unpaired) electrons. The quantitative estimate of drug-likeness (QED) is 0.564. The van der Waals surface area contributed by atoms with Crippen LogP contribution in [0.15, 0.2) is 17.3 Å². The first kappa shape index (κ1) is 7.32. The van der Waals surface area contributed by atoms with Gasteiger partial charge in [0.1, 0.15) is 6.67 Å². The fourth-order valence-corrected chi connectivity index (χ4v) is 1.01. The summed E-state index contributed by atoms with van der Waals surface area (Å²) in [5.74, 6) is 0.720. The SMILES string of the molecule is CC(C)CN1C=CC=NC1. The van der Waals surface area contributed by atoms with E-state index in [-0.39, 0.29) is 0 Å². The van der Waals surface area contributed by atoms with Crippen LogP contribution in [0.25, 0.3) is 0 Å². The number of rotatable bonds is 2. The first-order valence-electron chi connectivity index (χ1n) is 3.69. The van der Waals surface area contributed by atoms with E-state index in [4.69, 9.17) is 0 Å². The maximum Gasteiger partial charge on any atom is 0.109 e. The molecule has 0 atom stereocenters. The predicted molar refractivity (Wildman–Crippen MR) is 44.0 cm³/mol. The van der Waals surface area contributed by atoms with Crippen LogP contribution in [-0.4, -0.2) is 24.3 Å². The van der Waals surface area contributed by atoms with E-state index >= 15 is 0 Å². The lowest BCUT2D eigenvalue weighted by molar-refractivity contribution is 0.338. The summed E-state index contributed by atoms with van der Waals surface area (Å²) in [6.07, 6.45) is 5.91. The van der Waals surface area contributed by atoms with E-state index in [9.17, 15) is 0 Å². The zero-order valence-corrected chi connectivity index (χ0v) is 6.62. The van der Waals surface area contributed by atoms with Crippen molar-refractivity contribution in [1.82, 2.24) is 4.90 Å². The van der Waals surface area contributed by atoms with Gasteiger partial charge in [0.2, 0.25) is 0 Å². The van der Waals surface area contributed by atoms with Gasteiger partial charge in [-0.1, -0.05) is 13.8 Å². The van der Waals surface area contributed by atoms with Gasteiger partial charge in [-0.2, -0.15) is 0 Å². The van der Waals surface area contributed by atoms with Gasteiger partial charge in [-0.25, -0.2) is 0 Å². The lowest BCUT2D eigenvalue weighted by Crippen LogP contribution is -2.23. The van der Waals surface area contributed by atoms with Gasteiger partial charge in [-0.15, -0.1) is 0 Å². The standard InChI is InChI=1S/C8H14N2/c1-8(2)6-10-5-3-4-9-7-10/h3-5,8H,6-7H2,1-2H3. The molecule has 56 valence electrons. The molecule has 0 saturated heterocycles. The lowest BCUT2D eigenvalue weighted by atomic mass is 10.2. The van der Waals surface area contributed by atoms with Crippen LogP contribution in [0.4, 0.5) is 0 Å². The van der Waals surface area contributed by atoms with Gasteiger partial charge < -0.3 is 4.90 Å². The fourth-order valence-electron chi connectivity index (χ4n) is 1.01. The highest BCUT2D eigenvalue weighted by Gasteiger charge is 2.01. The summed E-state index contributed by atoms with van der Waals surface area (Å²) in [4.78, 5) is 6.34. The molecule has 2 nitrogen and oxygen atoms in total. The average molecular weight is 138 g/mol. The Labute approximate surface area is 62.3 Å². The van der Waals surface area contributed by atoms with Crippen molar-refractivity contribution >= 4 is 6.21 Å². The highest BCUT2D eigenvalue weighted by atomic mass is 15.2. The molecule has 0 unspecified atom stereocenters. The molecule has 0 aliphatic carbocycles. The van der Waals surface area contributed by atoms with Crippen LogP contribution in [0.3, 0.4) is 0 Å². The molecule has 10 heavy (non-hydrogen) atoms. The molecule has 0 saturated carbocycles. The Hall–Kier alpha value is -0.790. The molecule has 0 spiro atoms. The minimum atomic E-state index is 0.720. The van der Waals surface area contributed by atoms with E-state index in [0.29, 0.717) is 0 Å². The van der Waals surface area contributed by atoms with Crippen molar-refractivity contribution in [3.63, 3.8) is 0 Å². The monoisotopic (exact) mass is 138 g/mol. The molecule has 2 heteroatoms. The molecular formula is C8H14N2. The van der Waals surface area contributed by atoms with Gasteiger partial charge in [0.05, 0.1) is 0 Å². The molecule has 0 fully saturated rings. The van der Waals surface area contributed by atoms with E-state index < -0.39 is 0 Å². The van der Waals surface area contributed by atoms with Crippen LogP contribution in [0, 0.1) is 5.92 Å². The predicted octanol–water partition coefficient (Wildman–Crippen LogP) is 1.50. The van der Waals surface area contributed by atoms with Crippen molar-refractivity contribution in [1.29, 1.82) is 0 Å². The number of hydrogen-bond donors (Lipinski definition) is 0.